The lowest BCUT2D eigenvalue weighted by Gasteiger charge is -2.34. The highest BCUT2D eigenvalue weighted by Crippen LogP contribution is 2.34. The van der Waals surface area contributed by atoms with E-state index in [9.17, 15) is 17.6 Å². The summed E-state index contributed by atoms with van der Waals surface area (Å²) >= 11 is 1.67. The first-order chi connectivity index (χ1) is 19.3. The topological polar surface area (TPSA) is 104 Å². The second kappa shape index (κ2) is 13.5. The van der Waals surface area contributed by atoms with E-state index in [4.69, 9.17) is 9.72 Å². The quantitative estimate of drug-likeness (QED) is 0.267. The fraction of sp³-hybridized carbons (Fsp3) is 0.286. The number of ether oxygens (including phenoxy) is 1. The van der Waals surface area contributed by atoms with Gasteiger partial charge in [0.1, 0.15) is 17.1 Å². The number of anilines is 2. The first kappa shape index (κ1) is 30.5. The second-order valence-corrected chi connectivity index (χ2v) is 11.9. The number of sulfonamides is 1. The molecule has 0 radical (unpaired) electrons. The Morgan fingerprint density at radius 2 is 1.78 bits per heavy atom. The molecule has 41 heavy (non-hydrogen) atoms. The lowest BCUT2D eigenvalue weighted by molar-refractivity contribution is 0.0947. The van der Waals surface area contributed by atoms with E-state index < -0.39 is 15.8 Å². The molecule has 2 heterocycles. The van der Waals surface area contributed by atoms with E-state index in [0.29, 0.717) is 25.3 Å². The maximum Gasteiger partial charge on any atom is 0.261 e. The van der Waals surface area contributed by atoms with Crippen LogP contribution in [-0.2, 0) is 10.0 Å². The number of hydrogen-bond donors (Lipinski definition) is 2. The molecule has 0 saturated carbocycles. The summed E-state index contributed by atoms with van der Waals surface area (Å²) in [5, 5.41) is 3.91. The summed E-state index contributed by atoms with van der Waals surface area (Å²) in [6.45, 7) is 7.11. The number of fused-ring (bicyclic) bond motifs is 1. The summed E-state index contributed by atoms with van der Waals surface area (Å²) in [5.41, 5.74) is 1.49. The van der Waals surface area contributed by atoms with Crippen molar-refractivity contribution in [2.75, 3.05) is 55.5 Å². The summed E-state index contributed by atoms with van der Waals surface area (Å²) in [6.07, 6.45) is 0. The summed E-state index contributed by atoms with van der Waals surface area (Å²) in [6, 6.07) is 16.8. The molecule has 1 aliphatic heterocycles. The summed E-state index contributed by atoms with van der Waals surface area (Å²) in [7, 11) is -3.91. The molecule has 1 fully saturated rings. The maximum atomic E-state index is 13.2. The fourth-order valence-corrected chi connectivity index (χ4v) is 6.55. The van der Waals surface area contributed by atoms with Crippen LogP contribution < -0.4 is 19.7 Å². The zero-order chi connectivity index (χ0) is 28.1. The number of rotatable bonds is 10. The molecule has 3 aromatic carbocycles. The summed E-state index contributed by atoms with van der Waals surface area (Å²) in [5.74, 6) is -0.00196. The molecule has 0 atom stereocenters. The molecule has 0 bridgehead atoms. The Hall–Kier alpha value is -3.45. The third-order valence-corrected chi connectivity index (χ3v) is 9.01. The first-order valence-corrected chi connectivity index (χ1v) is 15.3. The Kier molecular flexibility index (Phi) is 10.0. The van der Waals surface area contributed by atoms with E-state index in [1.807, 2.05) is 19.1 Å². The van der Waals surface area contributed by atoms with Gasteiger partial charge in [0.25, 0.3) is 15.9 Å². The van der Waals surface area contributed by atoms with Crippen molar-refractivity contribution in [2.24, 2.45) is 0 Å². The number of para-hydroxylation sites is 1. The van der Waals surface area contributed by atoms with Crippen molar-refractivity contribution in [3.63, 3.8) is 0 Å². The van der Waals surface area contributed by atoms with Crippen molar-refractivity contribution >= 4 is 60.7 Å². The van der Waals surface area contributed by atoms with Crippen molar-refractivity contribution < 1.29 is 22.3 Å². The van der Waals surface area contributed by atoms with Crippen molar-refractivity contribution in [3.8, 4) is 5.75 Å². The number of amides is 1. The molecule has 1 aromatic heterocycles. The number of nitrogens with zero attached hydrogens (tertiary/aromatic N) is 3. The van der Waals surface area contributed by atoms with Gasteiger partial charge >= 0.3 is 0 Å². The SMILES string of the molecule is CCOc1cccc2sc(N3CCN(CCNC(=O)c4cccc(NS(=O)(=O)c5ccc(F)cc5)c4)CC3)nc12.Cl. The van der Waals surface area contributed by atoms with Gasteiger partial charge in [-0.2, -0.15) is 0 Å². The molecular formula is C28H31ClFN5O4S2. The molecule has 13 heteroatoms. The highest BCUT2D eigenvalue weighted by atomic mass is 35.5. The summed E-state index contributed by atoms with van der Waals surface area (Å²) < 4.78 is 47.6. The van der Waals surface area contributed by atoms with Gasteiger partial charge in [0.2, 0.25) is 0 Å². The summed E-state index contributed by atoms with van der Waals surface area (Å²) in [4.78, 5) is 22.1. The van der Waals surface area contributed by atoms with Gasteiger partial charge in [-0.1, -0.05) is 23.5 Å². The number of aromatic nitrogens is 1. The largest absolute Gasteiger partial charge is 0.492 e. The third kappa shape index (κ3) is 7.45. The van der Waals surface area contributed by atoms with E-state index in [2.05, 4.69) is 25.9 Å². The maximum absolute atomic E-state index is 13.2. The average molecular weight is 620 g/mol. The average Bonchev–Trinajstić information content (AvgIpc) is 3.39. The van der Waals surface area contributed by atoms with Crippen LogP contribution >= 0.6 is 23.7 Å². The minimum absolute atomic E-state index is 0. The number of nitrogens with one attached hydrogen (secondary N) is 2. The van der Waals surface area contributed by atoms with E-state index >= 15 is 0 Å². The molecule has 9 nitrogen and oxygen atoms in total. The Labute approximate surface area is 248 Å². The van der Waals surface area contributed by atoms with Crippen molar-refractivity contribution in [1.82, 2.24) is 15.2 Å². The van der Waals surface area contributed by atoms with E-state index in [0.717, 1.165) is 59.4 Å². The van der Waals surface area contributed by atoms with Crippen molar-refractivity contribution in [3.05, 3.63) is 78.1 Å². The molecule has 218 valence electrons. The predicted octanol–water partition coefficient (Wildman–Crippen LogP) is 4.61. The minimum Gasteiger partial charge on any atom is -0.492 e. The van der Waals surface area contributed by atoms with Gasteiger partial charge < -0.3 is 15.0 Å². The number of hydrogen-bond acceptors (Lipinski definition) is 8. The first-order valence-electron chi connectivity index (χ1n) is 13.0. The molecule has 0 unspecified atom stereocenters. The van der Waals surface area contributed by atoms with E-state index in [-0.39, 0.29) is 28.9 Å². The molecule has 2 N–H and O–H groups in total. The number of halogens is 2. The van der Waals surface area contributed by atoms with Crippen LogP contribution in [0.25, 0.3) is 10.2 Å². The minimum atomic E-state index is -3.91. The molecular weight excluding hydrogens is 589 g/mol. The van der Waals surface area contributed by atoms with Crippen molar-refractivity contribution in [1.29, 1.82) is 0 Å². The Bertz CT molecular complexity index is 1590. The van der Waals surface area contributed by atoms with Crippen LogP contribution in [0.5, 0.6) is 5.75 Å². The van der Waals surface area contributed by atoms with Gasteiger partial charge in [0.05, 0.1) is 16.2 Å². The number of carbonyl (C=O) groups is 1. The smallest absolute Gasteiger partial charge is 0.261 e. The van der Waals surface area contributed by atoms with Crippen LogP contribution in [0, 0.1) is 5.82 Å². The van der Waals surface area contributed by atoms with Crippen LogP contribution in [-0.4, -0.2) is 70.1 Å². The number of carbonyl (C=O) groups excluding carboxylic acids is 1. The standard InChI is InChI=1S/C28H30FN5O4S2.ClH/c1-2-38-24-7-4-8-25-26(24)31-28(39-25)34-17-15-33(16-18-34)14-13-30-27(35)20-5-3-6-22(19-20)32-40(36,37)23-11-9-21(29)10-12-23;/h3-12,19,32H,2,13-18H2,1H3,(H,30,35);1H. The number of thiazole rings is 1. The van der Waals surface area contributed by atoms with Crippen LogP contribution in [0.3, 0.4) is 0 Å². The number of piperazine rings is 1. The predicted molar refractivity (Wildman–Crippen MR) is 163 cm³/mol. The van der Waals surface area contributed by atoms with E-state index in [1.54, 1.807) is 29.5 Å². The molecule has 0 aliphatic carbocycles. The zero-order valence-corrected chi connectivity index (χ0v) is 24.8. The lowest BCUT2D eigenvalue weighted by atomic mass is 10.2. The lowest BCUT2D eigenvalue weighted by Crippen LogP contribution is -2.48. The van der Waals surface area contributed by atoms with Crippen LogP contribution in [0.4, 0.5) is 15.2 Å². The molecule has 1 aliphatic rings. The van der Waals surface area contributed by atoms with Gasteiger partial charge in [0, 0.05) is 50.5 Å². The van der Waals surface area contributed by atoms with Gasteiger partial charge in [-0.3, -0.25) is 14.4 Å². The fourth-order valence-electron chi connectivity index (χ4n) is 4.46. The van der Waals surface area contributed by atoms with Crippen molar-refractivity contribution in [2.45, 2.75) is 11.8 Å². The molecule has 4 aromatic rings. The Balaban J connectivity index is 0.00000387. The molecule has 5 rings (SSSR count). The van der Waals surface area contributed by atoms with Gasteiger partial charge in [-0.15, -0.1) is 12.4 Å². The van der Waals surface area contributed by atoms with Gasteiger partial charge in [0.15, 0.2) is 5.13 Å². The molecule has 1 saturated heterocycles. The Morgan fingerprint density at radius 3 is 2.51 bits per heavy atom. The van der Waals surface area contributed by atoms with Crippen LogP contribution in [0.1, 0.15) is 17.3 Å². The van der Waals surface area contributed by atoms with Crippen LogP contribution in [0.15, 0.2) is 71.6 Å². The Morgan fingerprint density at radius 1 is 1.05 bits per heavy atom. The number of benzene rings is 3. The third-order valence-electron chi connectivity index (χ3n) is 6.53. The highest BCUT2D eigenvalue weighted by molar-refractivity contribution is 7.92. The van der Waals surface area contributed by atoms with E-state index in [1.165, 1.54) is 18.2 Å². The van der Waals surface area contributed by atoms with Gasteiger partial charge in [-0.05, 0) is 61.5 Å². The zero-order valence-electron chi connectivity index (χ0n) is 22.4. The second-order valence-electron chi connectivity index (χ2n) is 9.26. The highest BCUT2D eigenvalue weighted by Gasteiger charge is 2.21. The van der Waals surface area contributed by atoms with Gasteiger partial charge in [-0.25, -0.2) is 17.8 Å². The normalized spacial score (nSPS) is 14.0. The molecule has 0 spiro atoms. The molecule has 1 amide bonds. The van der Waals surface area contributed by atoms with Crippen LogP contribution in [0.2, 0.25) is 0 Å². The monoisotopic (exact) mass is 619 g/mol.